The van der Waals surface area contributed by atoms with E-state index in [4.69, 9.17) is 11.6 Å². The quantitative estimate of drug-likeness (QED) is 0.743. The van der Waals surface area contributed by atoms with E-state index in [9.17, 15) is 9.59 Å². The van der Waals surface area contributed by atoms with Gasteiger partial charge in [-0.05, 0) is 55.0 Å². The van der Waals surface area contributed by atoms with Gasteiger partial charge in [-0.3, -0.25) is 9.59 Å². The number of nitrogens with one attached hydrogen (secondary N) is 2. The van der Waals surface area contributed by atoms with E-state index in [2.05, 4.69) is 10.6 Å². The fraction of sp³-hybridized carbons (Fsp3) is 0.263. The molecule has 0 aromatic heterocycles. The third kappa shape index (κ3) is 6.12. The summed E-state index contributed by atoms with van der Waals surface area (Å²) in [6.07, 6.45) is 0.914. The highest BCUT2D eigenvalue weighted by molar-refractivity contribution is 6.30. The molecule has 0 unspecified atom stereocenters. The summed E-state index contributed by atoms with van der Waals surface area (Å²) < 4.78 is 0. The van der Waals surface area contributed by atoms with Crippen LogP contribution in [0.15, 0.2) is 48.5 Å². The Balaban J connectivity index is 1.69. The topological polar surface area (TPSA) is 61.4 Å². The maximum Gasteiger partial charge on any atom is 0.251 e. The van der Waals surface area contributed by atoms with Crippen LogP contribution in [0.5, 0.6) is 0 Å². The molecule has 132 valence electrons. The third-order valence-electron chi connectivity index (χ3n) is 3.64. The van der Waals surface area contributed by atoms with Crippen LogP contribution in [-0.2, 0) is 4.79 Å². The van der Waals surface area contributed by atoms with Crippen molar-refractivity contribution in [3.05, 3.63) is 59.1 Å². The normalized spacial score (nSPS) is 10.2. The number of hydrogen-bond donors (Lipinski definition) is 2. The molecule has 0 radical (unpaired) electrons. The summed E-state index contributed by atoms with van der Waals surface area (Å²) in [6.45, 7) is 0.439. The smallest absolute Gasteiger partial charge is 0.251 e. The number of rotatable bonds is 7. The van der Waals surface area contributed by atoms with E-state index in [1.54, 1.807) is 24.3 Å². The minimum atomic E-state index is -0.170. The van der Waals surface area contributed by atoms with Gasteiger partial charge in [-0.1, -0.05) is 11.6 Å². The monoisotopic (exact) mass is 359 g/mol. The summed E-state index contributed by atoms with van der Waals surface area (Å²) in [5.41, 5.74) is 2.39. The molecule has 0 aliphatic heterocycles. The maximum absolute atomic E-state index is 11.9. The Morgan fingerprint density at radius 1 is 1.00 bits per heavy atom. The van der Waals surface area contributed by atoms with Gasteiger partial charge in [0.1, 0.15) is 0 Å². The van der Waals surface area contributed by atoms with Crippen LogP contribution in [0, 0.1) is 0 Å². The first-order chi connectivity index (χ1) is 12.0. The second kappa shape index (κ2) is 9.08. The van der Waals surface area contributed by atoms with Crippen LogP contribution < -0.4 is 15.5 Å². The predicted molar refractivity (Wildman–Crippen MR) is 102 cm³/mol. The fourth-order valence-corrected chi connectivity index (χ4v) is 2.35. The number of amides is 2. The zero-order chi connectivity index (χ0) is 18.2. The molecule has 2 amide bonds. The van der Waals surface area contributed by atoms with Gasteiger partial charge in [0.25, 0.3) is 5.91 Å². The van der Waals surface area contributed by atoms with Crippen molar-refractivity contribution in [1.82, 2.24) is 5.32 Å². The van der Waals surface area contributed by atoms with E-state index >= 15 is 0 Å². The molecule has 25 heavy (non-hydrogen) atoms. The summed E-state index contributed by atoms with van der Waals surface area (Å²) in [4.78, 5) is 25.8. The molecule has 0 saturated heterocycles. The third-order valence-corrected chi connectivity index (χ3v) is 3.89. The largest absolute Gasteiger partial charge is 0.378 e. The molecule has 2 rings (SSSR count). The zero-order valence-electron chi connectivity index (χ0n) is 14.4. The van der Waals surface area contributed by atoms with Crippen molar-refractivity contribution in [2.45, 2.75) is 12.8 Å². The highest BCUT2D eigenvalue weighted by Crippen LogP contribution is 2.15. The van der Waals surface area contributed by atoms with Crippen LogP contribution in [0.4, 0.5) is 11.4 Å². The van der Waals surface area contributed by atoms with Gasteiger partial charge in [0.2, 0.25) is 5.91 Å². The van der Waals surface area contributed by atoms with Crippen molar-refractivity contribution in [3.63, 3.8) is 0 Å². The number of benzene rings is 2. The molecule has 2 N–H and O–H groups in total. The highest BCUT2D eigenvalue weighted by atomic mass is 35.5. The lowest BCUT2D eigenvalue weighted by Crippen LogP contribution is -2.25. The lowest BCUT2D eigenvalue weighted by molar-refractivity contribution is -0.116. The molecule has 0 fully saturated rings. The van der Waals surface area contributed by atoms with Crippen LogP contribution in [-0.4, -0.2) is 32.5 Å². The Labute approximate surface area is 153 Å². The molecule has 0 saturated carbocycles. The van der Waals surface area contributed by atoms with Crippen molar-refractivity contribution in [3.8, 4) is 0 Å². The average molecular weight is 360 g/mol. The first kappa shape index (κ1) is 18.8. The summed E-state index contributed by atoms with van der Waals surface area (Å²) in [5, 5.41) is 6.23. The predicted octanol–water partition coefficient (Wildman–Crippen LogP) is 3.55. The lowest BCUT2D eigenvalue weighted by Gasteiger charge is -2.13. The van der Waals surface area contributed by atoms with Crippen molar-refractivity contribution in [1.29, 1.82) is 0 Å². The Morgan fingerprint density at radius 3 is 2.24 bits per heavy atom. The number of nitrogens with zero attached hydrogens (tertiary/aromatic N) is 1. The molecule has 0 heterocycles. The summed E-state index contributed by atoms with van der Waals surface area (Å²) >= 11 is 5.79. The second-order valence-electron chi connectivity index (χ2n) is 5.86. The van der Waals surface area contributed by atoms with Gasteiger partial charge in [0, 0.05) is 49.0 Å². The molecular weight excluding hydrogens is 338 g/mol. The minimum Gasteiger partial charge on any atom is -0.378 e. The van der Waals surface area contributed by atoms with Gasteiger partial charge in [-0.2, -0.15) is 0 Å². The van der Waals surface area contributed by atoms with E-state index in [0.717, 1.165) is 11.4 Å². The molecule has 0 atom stereocenters. The lowest BCUT2D eigenvalue weighted by atomic mass is 10.2. The molecule has 0 aliphatic rings. The first-order valence-electron chi connectivity index (χ1n) is 8.07. The SMILES string of the molecule is CN(C)c1ccc(NC(=O)CCCNC(=O)c2ccc(Cl)cc2)cc1. The van der Waals surface area contributed by atoms with Gasteiger partial charge < -0.3 is 15.5 Å². The molecule has 5 nitrogen and oxygen atoms in total. The minimum absolute atomic E-state index is 0.0710. The molecular formula is C19H22ClN3O2. The van der Waals surface area contributed by atoms with Crippen molar-refractivity contribution >= 4 is 34.8 Å². The molecule has 0 bridgehead atoms. The Hall–Kier alpha value is -2.53. The zero-order valence-corrected chi connectivity index (χ0v) is 15.1. The van der Waals surface area contributed by atoms with E-state index in [0.29, 0.717) is 30.0 Å². The number of carbonyl (C=O) groups excluding carboxylic acids is 2. The summed E-state index contributed by atoms with van der Waals surface area (Å²) in [6, 6.07) is 14.3. The molecule has 0 aliphatic carbocycles. The van der Waals surface area contributed by atoms with E-state index in [1.807, 2.05) is 43.3 Å². The first-order valence-corrected chi connectivity index (χ1v) is 8.44. The van der Waals surface area contributed by atoms with Crippen molar-refractivity contribution < 1.29 is 9.59 Å². The summed E-state index contributed by atoms with van der Waals surface area (Å²) in [7, 11) is 3.93. The van der Waals surface area contributed by atoms with E-state index < -0.39 is 0 Å². The van der Waals surface area contributed by atoms with E-state index in [1.165, 1.54) is 0 Å². The Kier molecular flexibility index (Phi) is 6.83. The number of hydrogen-bond acceptors (Lipinski definition) is 3. The van der Waals surface area contributed by atoms with Crippen LogP contribution in [0.2, 0.25) is 5.02 Å². The Bertz CT molecular complexity index is 712. The standard InChI is InChI=1S/C19H22ClN3O2/c1-23(2)17-11-9-16(10-12-17)22-18(24)4-3-13-21-19(25)14-5-7-15(20)8-6-14/h5-12H,3-4,13H2,1-2H3,(H,21,25)(H,22,24). The van der Waals surface area contributed by atoms with Crippen LogP contribution in [0.1, 0.15) is 23.2 Å². The molecule has 6 heteroatoms. The van der Waals surface area contributed by atoms with Gasteiger partial charge >= 0.3 is 0 Å². The highest BCUT2D eigenvalue weighted by Gasteiger charge is 2.06. The van der Waals surface area contributed by atoms with Gasteiger partial charge in [-0.15, -0.1) is 0 Å². The van der Waals surface area contributed by atoms with Gasteiger partial charge in [0.05, 0.1) is 0 Å². The maximum atomic E-state index is 11.9. The number of halogens is 1. The van der Waals surface area contributed by atoms with E-state index in [-0.39, 0.29) is 11.8 Å². The van der Waals surface area contributed by atoms with Gasteiger partial charge in [-0.25, -0.2) is 0 Å². The van der Waals surface area contributed by atoms with Crippen molar-refractivity contribution in [2.75, 3.05) is 30.9 Å². The Morgan fingerprint density at radius 2 is 1.64 bits per heavy atom. The average Bonchev–Trinajstić information content (AvgIpc) is 2.59. The van der Waals surface area contributed by atoms with Crippen LogP contribution in [0.25, 0.3) is 0 Å². The fourth-order valence-electron chi connectivity index (χ4n) is 2.22. The van der Waals surface area contributed by atoms with Crippen LogP contribution in [0.3, 0.4) is 0 Å². The molecule has 0 spiro atoms. The second-order valence-corrected chi connectivity index (χ2v) is 6.29. The van der Waals surface area contributed by atoms with Crippen molar-refractivity contribution in [2.24, 2.45) is 0 Å². The van der Waals surface area contributed by atoms with Crippen LogP contribution >= 0.6 is 11.6 Å². The number of anilines is 2. The number of carbonyl (C=O) groups is 2. The molecule has 2 aromatic carbocycles. The molecule has 2 aromatic rings. The van der Waals surface area contributed by atoms with Gasteiger partial charge in [0.15, 0.2) is 0 Å². The summed E-state index contributed by atoms with van der Waals surface area (Å²) in [5.74, 6) is -0.241.